The van der Waals surface area contributed by atoms with Crippen LogP contribution in [-0.4, -0.2) is 68.0 Å². The van der Waals surface area contributed by atoms with Crippen molar-refractivity contribution in [3.05, 3.63) is 68.3 Å². The number of carboxylic acid groups (broad SMARTS) is 1. The van der Waals surface area contributed by atoms with Crippen LogP contribution in [0.25, 0.3) is 10.1 Å². The van der Waals surface area contributed by atoms with Crippen LogP contribution in [-0.2, 0) is 14.4 Å². The number of rotatable bonds is 8. The topological polar surface area (TPSA) is 185 Å². The van der Waals surface area contributed by atoms with Crippen LogP contribution in [0.2, 0.25) is 0 Å². The fraction of sp³-hybridized carbons (Fsp3) is 0.167. The average molecular weight is 618 g/mol. The first kappa shape index (κ1) is 27.7. The van der Waals surface area contributed by atoms with E-state index in [0.717, 1.165) is 20.9 Å². The van der Waals surface area contributed by atoms with Gasteiger partial charge in [0.2, 0.25) is 0 Å². The quantitative estimate of drug-likeness (QED) is 0.0957. The third-order valence-electron chi connectivity index (χ3n) is 5.93. The number of allylic oxidation sites excluding steroid dienone is 1. The Morgan fingerprint density at radius 3 is 2.80 bits per heavy atom. The zero-order chi connectivity index (χ0) is 28.6. The summed E-state index contributed by atoms with van der Waals surface area (Å²) in [6.45, 7) is 0. The number of aliphatic carboxylic acids is 1. The fourth-order valence-corrected chi connectivity index (χ4v) is 7.94. The van der Waals surface area contributed by atoms with Gasteiger partial charge >= 0.3 is 5.97 Å². The van der Waals surface area contributed by atoms with Crippen LogP contribution in [0.1, 0.15) is 5.69 Å². The smallest absolute Gasteiger partial charge is 0.352 e. The molecule has 4 heterocycles. The first-order valence-corrected chi connectivity index (χ1v) is 14.9. The number of nitrogens with one attached hydrogen (secondary N) is 1. The molecule has 0 aliphatic carbocycles. The van der Waals surface area contributed by atoms with E-state index < -0.39 is 34.9 Å². The number of carbonyl (C=O) groups is 3. The molecular formula is C24H19N5O7S4. The van der Waals surface area contributed by atoms with Crippen molar-refractivity contribution in [3.8, 4) is 5.75 Å². The molecule has 5 rings (SSSR count). The molecule has 1 unspecified atom stereocenters. The molecule has 206 valence electrons. The molecule has 12 nitrogen and oxygen atoms in total. The molecule has 2 atom stereocenters. The van der Waals surface area contributed by atoms with Gasteiger partial charge in [0.05, 0.1) is 11.3 Å². The Morgan fingerprint density at radius 1 is 1.32 bits per heavy atom. The van der Waals surface area contributed by atoms with E-state index >= 15 is 0 Å². The van der Waals surface area contributed by atoms with Gasteiger partial charge in [-0.3, -0.25) is 19.3 Å². The lowest BCUT2D eigenvalue weighted by atomic mass is 10.0. The summed E-state index contributed by atoms with van der Waals surface area (Å²) in [5.41, 5.74) is 5.29. The molecule has 1 aromatic carbocycles. The monoisotopic (exact) mass is 617 g/mol. The predicted octanol–water partition coefficient (Wildman–Crippen LogP) is 2.53. The number of anilines is 1. The van der Waals surface area contributed by atoms with Gasteiger partial charge in [0.15, 0.2) is 16.3 Å². The molecule has 2 aliphatic heterocycles. The van der Waals surface area contributed by atoms with Crippen molar-refractivity contribution in [3.63, 3.8) is 0 Å². The molecule has 0 bridgehead atoms. The highest BCUT2D eigenvalue weighted by Crippen LogP contribution is 2.41. The van der Waals surface area contributed by atoms with E-state index in [4.69, 9.17) is 10.5 Å². The van der Waals surface area contributed by atoms with E-state index in [9.17, 15) is 29.5 Å². The van der Waals surface area contributed by atoms with Gasteiger partial charge in [-0.1, -0.05) is 16.9 Å². The molecule has 40 heavy (non-hydrogen) atoms. The number of benzene rings is 1. The Morgan fingerprint density at radius 2 is 2.12 bits per heavy atom. The molecule has 5 N–H and O–H groups in total. The second-order valence-corrected chi connectivity index (χ2v) is 12.6. The van der Waals surface area contributed by atoms with Gasteiger partial charge in [-0.2, -0.15) is 0 Å². The van der Waals surface area contributed by atoms with Crippen molar-refractivity contribution in [1.29, 1.82) is 0 Å². The van der Waals surface area contributed by atoms with Crippen molar-refractivity contribution >= 4 is 84.9 Å². The minimum Gasteiger partial charge on any atom is -0.497 e. The Labute approximate surface area is 242 Å². The number of β-lactam (4-membered cyclic amide) rings is 1. The normalized spacial score (nSPS) is 19.1. The Balaban J connectivity index is 1.32. The molecule has 2 amide bonds. The first-order chi connectivity index (χ1) is 19.2. The Hall–Kier alpha value is -3.86. The lowest BCUT2D eigenvalue weighted by molar-refractivity contribution is -0.150. The molecule has 0 saturated carbocycles. The first-order valence-electron chi connectivity index (χ1n) is 11.3. The SMILES string of the molecule is COc1ccc2c(=O)cc(S/C=C/C3=C(C(=O)O)N4C(=O)C(NC(=O)/C(=N/O)c5csc(N)n5)[C@H]4SC3)sc2c1. The van der Waals surface area contributed by atoms with E-state index in [-0.39, 0.29) is 27.7 Å². The standard InChI is InChI=1S/C24H19N5O7S4/c1-36-11-2-3-12-14(30)7-16(40-15(12)6-11)37-5-4-10-8-38-22-18(21(32)29(22)19(10)23(33)34)27-20(31)17(28-35)13-9-39-24(25)26-13/h2-7,9,18,22,35H,8H2,1H3,(H2,25,26)(H,27,31)(H,33,34)/b5-4+,28-17+/t18?,22-/m1/s1. The highest BCUT2D eigenvalue weighted by Gasteiger charge is 2.54. The highest BCUT2D eigenvalue weighted by molar-refractivity contribution is 8.04. The third kappa shape index (κ3) is 5.17. The number of amides is 2. The van der Waals surface area contributed by atoms with Crippen molar-refractivity contribution in [2.24, 2.45) is 5.16 Å². The second-order valence-electron chi connectivity index (χ2n) is 8.27. The van der Waals surface area contributed by atoms with Crippen LogP contribution < -0.4 is 21.2 Å². The maximum Gasteiger partial charge on any atom is 0.352 e. The number of carbonyl (C=O) groups excluding carboxylic acids is 2. The van der Waals surface area contributed by atoms with Crippen LogP contribution in [0.4, 0.5) is 5.13 Å². The second kappa shape index (κ2) is 11.3. The van der Waals surface area contributed by atoms with Gasteiger partial charge in [-0.05, 0) is 35.3 Å². The van der Waals surface area contributed by atoms with Gasteiger partial charge < -0.3 is 26.1 Å². The molecule has 2 aliphatic rings. The maximum absolute atomic E-state index is 12.9. The number of methoxy groups -OCH3 is 1. The van der Waals surface area contributed by atoms with Crippen LogP contribution in [0.3, 0.4) is 0 Å². The summed E-state index contributed by atoms with van der Waals surface area (Å²) in [5, 5.41) is 27.9. The molecule has 16 heteroatoms. The van der Waals surface area contributed by atoms with E-state index in [0.29, 0.717) is 20.9 Å². The van der Waals surface area contributed by atoms with Gasteiger partial charge in [0.25, 0.3) is 11.8 Å². The summed E-state index contributed by atoms with van der Waals surface area (Å²) in [7, 11) is 1.55. The van der Waals surface area contributed by atoms with E-state index in [1.807, 2.05) is 0 Å². The largest absolute Gasteiger partial charge is 0.497 e. The number of nitrogens with zero attached hydrogens (tertiary/aromatic N) is 3. The number of nitrogens with two attached hydrogens (primary N) is 1. The number of ether oxygens (including phenoxy) is 1. The number of thioether (sulfide) groups is 2. The number of hydrogen-bond donors (Lipinski definition) is 4. The molecule has 1 saturated heterocycles. The number of carboxylic acids is 1. The molecule has 3 aromatic rings. The number of hydrogen-bond acceptors (Lipinski definition) is 13. The van der Waals surface area contributed by atoms with Crippen LogP contribution in [0.15, 0.2) is 66.6 Å². The van der Waals surface area contributed by atoms with Gasteiger partial charge in [0, 0.05) is 27.3 Å². The van der Waals surface area contributed by atoms with Crippen LogP contribution in [0, 0.1) is 0 Å². The average Bonchev–Trinajstić information content (AvgIpc) is 3.36. The van der Waals surface area contributed by atoms with Crippen molar-refractivity contribution in [2.75, 3.05) is 18.6 Å². The summed E-state index contributed by atoms with van der Waals surface area (Å²) >= 11 is 4.98. The number of oxime groups is 1. The summed E-state index contributed by atoms with van der Waals surface area (Å²) < 4.78 is 6.70. The van der Waals surface area contributed by atoms with Crippen molar-refractivity contribution in [1.82, 2.24) is 15.2 Å². The Bertz CT molecular complexity index is 1700. The lowest BCUT2D eigenvalue weighted by Gasteiger charge is -2.49. The van der Waals surface area contributed by atoms with Gasteiger partial charge in [0.1, 0.15) is 28.6 Å². The minimum absolute atomic E-state index is 0.0500. The molecule has 0 spiro atoms. The lowest BCUT2D eigenvalue weighted by Crippen LogP contribution is -2.71. The van der Waals surface area contributed by atoms with E-state index in [2.05, 4.69) is 15.5 Å². The summed E-state index contributed by atoms with van der Waals surface area (Å²) in [6.07, 6.45) is 1.60. The zero-order valence-electron chi connectivity index (χ0n) is 20.4. The fourth-order valence-electron chi connectivity index (χ4n) is 4.07. The summed E-state index contributed by atoms with van der Waals surface area (Å²) in [4.78, 5) is 55.3. The van der Waals surface area contributed by atoms with Crippen LogP contribution >= 0.6 is 46.2 Å². The van der Waals surface area contributed by atoms with Gasteiger partial charge in [-0.25, -0.2) is 9.78 Å². The molecular weight excluding hydrogens is 599 g/mol. The highest BCUT2D eigenvalue weighted by atomic mass is 32.2. The molecule has 1 fully saturated rings. The number of thiazole rings is 1. The third-order valence-corrected chi connectivity index (χ3v) is 9.95. The number of fused-ring (bicyclic) bond motifs is 2. The maximum atomic E-state index is 12.9. The van der Waals surface area contributed by atoms with E-state index in [1.165, 1.54) is 46.3 Å². The summed E-state index contributed by atoms with van der Waals surface area (Å²) in [6, 6.07) is 5.71. The summed E-state index contributed by atoms with van der Waals surface area (Å²) in [5.74, 6) is -1.85. The van der Waals surface area contributed by atoms with E-state index in [1.54, 1.807) is 36.8 Å². The number of aromatic nitrogens is 1. The Kier molecular flexibility index (Phi) is 7.84. The van der Waals surface area contributed by atoms with Crippen molar-refractivity contribution in [2.45, 2.75) is 15.6 Å². The van der Waals surface area contributed by atoms with Crippen LogP contribution in [0.5, 0.6) is 5.75 Å². The number of nitrogen functional groups attached to an aromatic ring is 1. The van der Waals surface area contributed by atoms with Crippen molar-refractivity contribution < 1.29 is 29.4 Å². The predicted molar refractivity (Wildman–Crippen MR) is 154 cm³/mol. The van der Waals surface area contributed by atoms with Gasteiger partial charge in [-0.15, -0.1) is 34.4 Å². The minimum atomic E-state index is -1.29. The molecule has 2 aromatic heterocycles. The zero-order valence-corrected chi connectivity index (χ0v) is 23.7. The molecule has 0 radical (unpaired) electrons.